The van der Waals surface area contributed by atoms with Gasteiger partial charge in [-0.3, -0.25) is 4.79 Å². The number of benzene rings is 1. The second-order valence-electron chi connectivity index (χ2n) is 3.87. The maximum absolute atomic E-state index is 12.2. The number of rotatable bonds is 3. The van der Waals surface area contributed by atoms with Crippen molar-refractivity contribution in [2.45, 2.75) is 0 Å². The van der Waals surface area contributed by atoms with Gasteiger partial charge in [-0.15, -0.1) is 0 Å². The van der Waals surface area contributed by atoms with Crippen LogP contribution in [0.5, 0.6) is 5.75 Å². The van der Waals surface area contributed by atoms with E-state index in [4.69, 9.17) is 22.1 Å². The monoisotopic (exact) mass is 355 g/mol. The number of aromatic nitrogens is 1. The van der Waals surface area contributed by atoms with Crippen molar-refractivity contribution in [1.82, 2.24) is 4.98 Å². The van der Waals surface area contributed by atoms with Crippen molar-refractivity contribution < 1.29 is 9.53 Å². The third kappa shape index (κ3) is 3.02. The Morgan fingerprint density at radius 2 is 2.25 bits per heavy atom. The third-order valence-electron chi connectivity index (χ3n) is 2.58. The van der Waals surface area contributed by atoms with E-state index >= 15 is 0 Å². The first-order valence-electron chi connectivity index (χ1n) is 5.57. The van der Waals surface area contributed by atoms with Crippen LogP contribution in [0.4, 0.5) is 11.4 Å². The van der Waals surface area contributed by atoms with Crippen LogP contribution in [0.1, 0.15) is 10.4 Å². The number of amides is 1. The second-order valence-corrected chi connectivity index (χ2v) is 5.08. The second kappa shape index (κ2) is 6.11. The predicted octanol–water partition coefficient (Wildman–Crippen LogP) is 3.34. The summed E-state index contributed by atoms with van der Waals surface area (Å²) in [5.41, 5.74) is 6.99. The predicted molar refractivity (Wildman–Crippen MR) is 82.3 cm³/mol. The van der Waals surface area contributed by atoms with Crippen molar-refractivity contribution in [3.05, 3.63) is 45.7 Å². The molecule has 2 rings (SSSR count). The number of ether oxygens (including phenoxy) is 1. The van der Waals surface area contributed by atoms with Gasteiger partial charge in [-0.1, -0.05) is 17.7 Å². The molecule has 1 aromatic heterocycles. The van der Waals surface area contributed by atoms with E-state index in [9.17, 15) is 4.79 Å². The highest BCUT2D eigenvalue weighted by Crippen LogP contribution is 2.27. The molecular weight excluding hydrogens is 346 g/mol. The first-order chi connectivity index (χ1) is 9.52. The molecule has 3 N–H and O–H groups in total. The van der Waals surface area contributed by atoms with Gasteiger partial charge >= 0.3 is 0 Å². The topological polar surface area (TPSA) is 77.2 Å². The lowest BCUT2D eigenvalue weighted by Crippen LogP contribution is -2.14. The number of hydrogen-bond acceptors (Lipinski definition) is 4. The molecule has 7 heteroatoms. The van der Waals surface area contributed by atoms with Crippen LogP contribution in [0.15, 0.2) is 34.9 Å². The molecule has 0 aliphatic carbocycles. The summed E-state index contributed by atoms with van der Waals surface area (Å²) in [6.07, 6.45) is 1.46. The molecule has 0 atom stereocenters. The molecule has 0 aliphatic rings. The van der Waals surface area contributed by atoms with Crippen molar-refractivity contribution in [3.8, 4) is 5.75 Å². The van der Waals surface area contributed by atoms with Gasteiger partial charge in [-0.05, 0) is 34.1 Å². The van der Waals surface area contributed by atoms with E-state index in [-0.39, 0.29) is 11.6 Å². The Labute approximate surface area is 129 Å². The van der Waals surface area contributed by atoms with Crippen LogP contribution in [0.2, 0.25) is 5.15 Å². The fourth-order valence-electron chi connectivity index (χ4n) is 1.61. The zero-order valence-corrected chi connectivity index (χ0v) is 12.8. The highest BCUT2D eigenvalue weighted by molar-refractivity contribution is 9.10. The van der Waals surface area contributed by atoms with E-state index in [1.165, 1.54) is 13.3 Å². The number of pyridine rings is 1. The molecule has 0 radical (unpaired) electrons. The van der Waals surface area contributed by atoms with Crippen LogP contribution in [0, 0.1) is 0 Å². The first-order valence-corrected chi connectivity index (χ1v) is 6.75. The van der Waals surface area contributed by atoms with Gasteiger partial charge < -0.3 is 15.8 Å². The molecule has 0 saturated heterocycles. The Kier molecular flexibility index (Phi) is 4.46. The van der Waals surface area contributed by atoms with Crippen molar-refractivity contribution in [3.63, 3.8) is 0 Å². The van der Waals surface area contributed by atoms with E-state index in [0.717, 1.165) is 0 Å². The number of para-hydroxylation sites is 1. The van der Waals surface area contributed by atoms with Gasteiger partial charge in [0, 0.05) is 0 Å². The summed E-state index contributed by atoms with van der Waals surface area (Å²) in [7, 11) is 1.49. The molecule has 5 nitrogen and oxygen atoms in total. The summed E-state index contributed by atoms with van der Waals surface area (Å²) in [5, 5.41) is 3.02. The molecule has 20 heavy (non-hydrogen) atoms. The molecule has 0 fully saturated rings. The molecule has 2 aromatic rings. The number of nitrogen functional groups attached to an aromatic ring is 1. The number of halogens is 2. The van der Waals surface area contributed by atoms with Gasteiger partial charge in [0.05, 0.1) is 34.7 Å². The summed E-state index contributed by atoms with van der Waals surface area (Å²) in [4.78, 5) is 16.1. The Hall–Kier alpha value is -1.79. The van der Waals surface area contributed by atoms with Crippen LogP contribution in [-0.4, -0.2) is 18.0 Å². The minimum atomic E-state index is -0.350. The van der Waals surface area contributed by atoms with Crippen LogP contribution in [-0.2, 0) is 0 Å². The fourth-order valence-corrected chi connectivity index (χ4v) is 2.06. The van der Waals surface area contributed by atoms with E-state index in [1.54, 1.807) is 24.3 Å². The molecule has 0 spiro atoms. The first kappa shape index (κ1) is 14.6. The van der Waals surface area contributed by atoms with Gasteiger partial charge in [-0.2, -0.15) is 0 Å². The number of nitrogens with zero attached hydrogens (tertiary/aromatic N) is 1. The molecule has 1 aromatic carbocycles. The highest BCUT2D eigenvalue weighted by atomic mass is 79.9. The average Bonchev–Trinajstić information content (AvgIpc) is 2.43. The summed E-state index contributed by atoms with van der Waals surface area (Å²) in [6, 6.07) is 6.65. The molecular formula is C13H11BrClN3O2. The number of methoxy groups -OCH3 is 1. The van der Waals surface area contributed by atoms with E-state index in [0.29, 0.717) is 26.6 Å². The van der Waals surface area contributed by atoms with Gasteiger partial charge in [0.25, 0.3) is 5.91 Å². The summed E-state index contributed by atoms with van der Waals surface area (Å²) in [6.45, 7) is 0. The zero-order valence-electron chi connectivity index (χ0n) is 10.5. The third-order valence-corrected chi connectivity index (χ3v) is 3.72. The number of carbonyl (C=O) groups is 1. The Morgan fingerprint density at radius 1 is 1.50 bits per heavy atom. The average molecular weight is 357 g/mol. The van der Waals surface area contributed by atoms with Crippen LogP contribution >= 0.6 is 27.5 Å². The number of carbonyl (C=O) groups excluding carboxylic acids is 1. The number of hydrogen-bond donors (Lipinski definition) is 2. The van der Waals surface area contributed by atoms with E-state index in [2.05, 4.69) is 26.2 Å². The van der Waals surface area contributed by atoms with Crippen molar-refractivity contribution in [1.29, 1.82) is 0 Å². The molecule has 0 unspecified atom stereocenters. The van der Waals surface area contributed by atoms with Crippen molar-refractivity contribution in [2.24, 2.45) is 0 Å². The molecule has 0 bridgehead atoms. The molecule has 104 valence electrons. The van der Waals surface area contributed by atoms with Gasteiger partial charge in [0.15, 0.2) is 0 Å². The highest BCUT2D eigenvalue weighted by Gasteiger charge is 2.13. The number of nitrogens with one attached hydrogen (secondary N) is 1. The Bertz CT molecular complexity index is 664. The standard InChI is InChI=1S/C13H11BrClN3O2/c1-20-10-4-2-3-8(11(10)16)13(19)18-7-5-9(14)12(15)17-6-7/h2-6H,16H2,1H3,(H,18,19). The molecule has 1 heterocycles. The quantitative estimate of drug-likeness (QED) is 0.653. The van der Waals surface area contributed by atoms with Crippen molar-refractivity contribution in [2.75, 3.05) is 18.2 Å². The lowest BCUT2D eigenvalue weighted by atomic mass is 10.1. The van der Waals surface area contributed by atoms with Gasteiger partial charge in [-0.25, -0.2) is 4.98 Å². The van der Waals surface area contributed by atoms with E-state index < -0.39 is 0 Å². The number of anilines is 2. The van der Waals surface area contributed by atoms with Crippen LogP contribution in [0.25, 0.3) is 0 Å². The van der Waals surface area contributed by atoms with Crippen LogP contribution < -0.4 is 15.8 Å². The molecule has 0 saturated carbocycles. The normalized spacial score (nSPS) is 10.2. The SMILES string of the molecule is COc1cccc(C(=O)Nc2cnc(Cl)c(Br)c2)c1N. The smallest absolute Gasteiger partial charge is 0.257 e. The maximum atomic E-state index is 12.2. The Morgan fingerprint density at radius 3 is 2.90 bits per heavy atom. The zero-order chi connectivity index (χ0) is 14.7. The largest absolute Gasteiger partial charge is 0.495 e. The fraction of sp³-hybridized carbons (Fsp3) is 0.0769. The lowest BCUT2D eigenvalue weighted by Gasteiger charge is -2.10. The minimum absolute atomic E-state index is 0.286. The maximum Gasteiger partial charge on any atom is 0.257 e. The summed E-state index contributed by atoms with van der Waals surface area (Å²) in [5.74, 6) is 0.102. The Balaban J connectivity index is 2.26. The van der Waals surface area contributed by atoms with Crippen molar-refractivity contribution >= 4 is 44.8 Å². The van der Waals surface area contributed by atoms with E-state index in [1.807, 2.05) is 0 Å². The molecule has 0 aliphatic heterocycles. The van der Waals surface area contributed by atoms with Gasteiger partial charge in [0.2, 0.25) is 0 Å². The summed E-state index contributed by atoms with van der Waals surface area (Å²) < 4.78 is 5.67. The lowest BCUT2D eigenvalue weighted by molar-refractivity contribution is 0.102. The van der Waals surface area contributed by atoms with Crippen LogP contribution in [0.3, 0.4) is 0 Å². The molecule has 1 amide bonds. The van der Waals surface area contributed by atoms with Gasteiger partial charge in [0.1, 0.15) is 10.9 Å². The minimum Gasteiger partial charge on any atom is -0.495 e. The summed E-state index contributed by atoms with van der Waals surface area (Å²) >= 11 is 9.03. The number of nitrogens with two attached hydrogens (primary N) is 1.